The van der Waals surface area contributed by atoms with E-state index in [1.54, 1.807) is 6.92 Å². The summed E-state index contributed by atoms with van der Waals surface area (Å²) in [6.07, 6.45) is -0.780. The van der Waals surface area contributed by atoms with E-state index < -0.39 is 12.1 Å². The second kappa shape index (κ2) is 7.33. The molecule has 0 unspecified atom stereocenters. The SMILES string of the molecule is C[C@@H](OC(=O)CSc1ccccc1)C(=O)NC(C)(C)C. The first-order chi connectivity index (χ1) is 9.28. The third kappa shape index (κ3) is 6.61. The lowest BCUT2D eigenvalue weighted by Crippen LogP contribution is -2.46. The summed E-state index contributed by atoms with van der Waals surface area (Å²) in [5.74, 6) is -0.483. The highest BCUT2D eigenvalue weighted by molar-refractivity contribution is 8.00. The molecule has 1 aromatic rings. The van der Waals surface area contributed by atoms with Crippen LogP contribution >= 0.6 is 11.8 Å². The summed E-state index contributed by atoms with van der Waals surface area (Å²) in [4.78, 5) is 24.4. The number of esters is 1. The Morgan fingerprint density at radius 1 is 1.25 bits per heavy atom. The number of nitrogens with one attached hydrogen (secondary N) is 1. The lowest BCUT2D eigenvalue weighted by molar-refractivity contribution is -0.152. The minimum Gasteiger partial charge on any atom is -0.452 e. The van der Waals surface area contributed by atoms with Crippen molar-refractivity contribution in [2.75, 3.05) is 5.75 Å². The van der Waals surface area contributed by atoms with Gasteiger partial charge in [-0.2, -0.15) is 0 Å². The van der Waals surface area contributed by atoms with Crippen LogP contribution in [0.1, 0.15) is 27.7 Å². The van der Waals surface area contributed by atoms with E-state index >= 15 is 0 Å². The second-order valence-electron chi connectivity index (χ2n) is 5.47. The molecule has 0 aliphatic carbocycles. The third-order valence-corrected chi connectivity index (χ3v) is 3.26. The minimum atomic E-state index is -0.780. The summed E-state index contributed by atoms with van der Waals surface area (Å²) in [6.45, 7) is 7.21. The van der Waals surface area contributed by atoms with Crippen molar-refractivity contribution in [2.24, 2.45) is 0 Å². The monoisotopic (exact) mass is 295 g/mol. The van der Waals surface area contributed by atoms with Crippen LogP contribution in [0.15, 0.2) is 35.2 Å². The number of hydrogen-bond acceptors (Lipinski definition) is 4. The van der Waals surface area contributed by atoms with E-state index in [0.717, 1.165) is 4.90 Å². The maximum atomic E-state index is 11.8. The summed E-state index contributed by atoms with van der Waals surface area (Å²) in [7, 11) is 0. The Bertz CT molecular complexity index is 454. The van der Waals surface area contributed by atoms with Gasteiger partial charge in [0.2, 0.25) is 0 Å². The summed E-state index contributed by atoms with van der Waals surface area (Å²) < 4.78 is 5.11. The van der Waals surface area contributed by atoms with Gasteiger partial charge < -0.3 is 10.1 Å². The Kier molecular flexibility index (Phi) is 6.07. The molecule has 1 N–H and O–H groups in total. The van der Waals surface area contributed by atoms with Crippen LogP contribution < -0.4 is 5.32 Å². The van der Waals surface area contributed by atoms with Crippen molar-refractivity contribution < 1.29 is 14.3 Å². The predicted molar refractivity (Wildman–Crippen MR) is 80.6 cm³/mol. The zero-order chi connectivity index (χ0) is 15.2. The number of amides is 1. The highest BCUT2D eigenvalue weighted by atomic mass is 32.2. The molecule has 0 aromatic heterocycles. The Morgan fingerprint density at radius 3 is 2.40 bits per heavy atom. The summed E-state index contributed by atoms with van der Waals surface area (Å²) in [5.41, 5.74) is -0.337. The molecule has 0 aliphatic rings. The zero-order valence-electron chi connectivity index (χ0n) is 12.3. The maximum absolute atomic E-state index is 11.8. The summed E-state index contributed by atoms with van der Waals surface area (Å²) >= 11 is 1.39. The Morgan fingerprint density at radius 2 is 1.85 bits per heavy atom. The fourth-order valence-electron chi connectivity index (χ4n) is 1.41. The molecule has 0 radical (unpaired) electrons. The first-order valence-corrected chi connectivity index (χ1v) is 7.46. The predicted octanol–water partition coefficient (Wildman–Crippen LogP) is 2.63. The van der Waals surface area contributed by atoms with Crippen molar-refractivity contribution in [1.82, 2.24) is 5.32 Å². The number of benzene rings is 1. The molecule has 5 heteroatoms. The Labute approximate surface area is 124 Å². The average Bonchev–Trinajstić information content (AvgIpc) is 2.35. The molecule has 0 bridgehead atoms. The van der Waals surface area contributed by atoms with Gasteiger partial charge in [-0.1, -0.05) is 18.2 Å². The molecule has 1 aromatic carbocycles. The van der Waals surface area contributed by atoms with Crippen LogP contribution in [0.4, 0.5) is 0 Å². The van der Waals surface area contributed by atoms with Gasteiger partial charge in [-0.25, -0.2) is 0 Å². The summed E-state index contributed by atoms with van der Waals surface area (Å²) in [6, 6.07) is 9.59. The van der Waals surface area contributed by atoms with Gasteiger partial charge in [0, 0.05) is 10.4 Å². The van der Waals surface area contributed by atoms with Gasteiger partial charge in [-0.05, 0) is 39.8 Å². The van der Waals surface area contributed by atoms with Crippen LogP contribution in [0, 0.1) is 0 Å². The van der Waals surface area contributed by atoms with Crippen molar-refractivity contribution in [2.45, 2.75) is 44.2 Å². The van der Waals surface area contributed by atoms with Crippen molar-refractivity contribution >= 4 is 23.6 Å². The number of rotatable bonds is 5. The molecule has 0 saturated carbocycles. The number of ether oxygens (including phenoxy) is 1. The molecule has 1 rings (SSSR count). The molecule has 0 spiro atoms. The van der Waals surface area contributed by atoms with E-state index in [2.05, 4.69) is 5.32 Å². The van der Waals surface area contributed by atoms with Gasteiger partial charge >= 0.3 is 5.97 Å². The molecule has 1 atom stereocenters. The smallest absolute Gasteiger partial charge is 0.317 e. The fourth-order valence-corrected chi connectivity index (χ4v) is 2.12. The molecule has 0 heterocycles. The molecule has 0 fully saturated rings. The van der Waals surface area contributed by atoms with E-state index in [1.165, 1.54) is 11.8 Å². The van der Waals surface area contributed by atoms with Crippen molar-refractivity contribution in [3.8, 4) is 0 Å². The largest absolute Gasteiger partial charge is 0.452 e. The molecule has 0 saturated heterocycles. The van der Waals surface area contributed by atoms with Crippen LogP contribution in [0.3, 0.4) is 0 Å². The van der Waals surface area contributed by atoms with Gasteiger partial charge in [-0.3, -0.25) is 9.59 Å². The maximum Gasteiger partial charge on any atom is 0.317 e. The lowest BCUT2D eigenvalue weighted by atomic mass is 10.1. The van der Waals surface area contributed by atoms with Gasteiger partial charge in [0.25, 0.3) is 5.91 Å². The second-order valence-corrected chi connectivity index (χ2v) is 6.52. The number of carbonyl (C=O) groups excluding carboxylic acids is 2. The molecule has 20 heavy (non-hydrogen) atoms. The van der Waals surface area contributed by atoms with Crippen molar-refractivity contribution in [3.05, 3.63) is 30.3 Å². The van der Waals surface area contributed by atoms with Crippen LogP contribution in [-0.4, -0.2) is 29.3 Å². The molecule has 4 nitrogen and oxygen atoms in total. The highest BCUT2D eigenvalue weighted by Gasteiger charge is 2.22. The third-order valence-electron chi connectivity index (χ3n) is 2.28. The van der Waals surface area contributed by atoms with Crippen LogP contribution in [0.2, 0.25) is 0 Å². The Hall–Kier alpha value is -1.49. The molecular weight excluding hydrogens is 274 g/mol. The zero-order valence-corrected chi connectivity index (χ0v) is 13.1. The van der Waals surface area contributed by atoms with Gasteiger partial charge in [0.05, 0.1) is 5.75 Å². The van der Waals surface area contributed by atoms with Crippen LogP contribution in [0.5, 0.6) is 0 Å². The van der Waals surface area contributed by atoms with Crippen molar-refractivity contribution in [1.29, 1.82) is 0 Å². The fraction of sp³-hybridized carbons (Fsp3) is 0.467. The standard InChI is InChI=1S/C15H21NO3S/c1-11(14(18)16-15(2,3)4)19-13(17)10-20-12-8-6-5-7-9-12/h5-9,11H,10H2,1-4H3,(H,16,18)/t11-/m1/s1. The summed E-state index contributed by atoms with van der Waals surface area (Å²) in [5, 5.41) is 2.78. The van der Waals surface area contributed by atoms with E-state index in [4.69, 9.17) is 4.74 Å². The van der Waals surface area contributed by atoms with Gasteiger partial charge in [-0.15, -0.1) is 11.8 Å². The number of carbonyl (C=O) groups is 2. The van der Waals surface area contributed by atoms with Crippen LogP contribution in [0.25, 0.3) is 0 Å². The quantitative estimate of drug-likeness (QED) is 0.670. The number of hydrogen-bond donors (Lipinski definition) is 1. The molecular formula is C15H21NO3S. The van der Waals surface area contributed by atoms with E-state index in [1.807, 2.05) is 51.1 Å². The minimum absolute atomic E-state index is 0.192. The topological polar surface area (TPSA) is 55.4 Å². The van der Waals surface area contributed by atoms with Gasteiger partial charge in [0.1, 0.15) is 0 Å². The average molecular weight is 295 g/mol. The molecule has 0 aliphatic heterocycles. The van der Waals surface area contributed by atoms with E-state index in [-0.39, 0.29) is 17.2 Å². The van der Waals surface area contributed by atoms with Crippen molar-refractivity contribution in [3.63, 3.8) is 0 Å². The first kappa shape index (κ1) is 16.6. The first-order valence-electron chi connectivity index (χ1n) is 6.47. The Balaban J connectivity index is 2.36. The molecule has 110 valence electrons. The molecule has 1 amide bonds. The lowest BCUT2D eigenvalue weighted by Gasteiger charge is -2.23. The van der Waals surface area contributed by atoms with E-state index in [0.29, 0.717) is 0 Å². The van der Waals surface area contributed by atoms with E-state index in [9.17, 15) is 9.59 Å². The van der Waals surface area contributed by atoms with Gasteiger partial charge in [0.15, 0.2) is 6.10 Å². The number of thioether (sulfide) groups is 1. The van der Waals surface area contributed by atoms with Crippen LogP contribution in [-0.2, 0) is 14.3 Å². The normalized spacial score (nSPS) is 12.6. The highest BCUT2D eigenvalue weighted by Crippen LogP contribution is 2.17.